The zero-order valence-corrected chi connectivity index (χ0v) is 15.5. The highest BCUT2D eigenvalue weighted by atomic mass is 16.1. The quantitative estimate of drug-likeness (QED) is 0.693. The lowest BCUT2D eigenvalue weighted by atomic mass is 10.2. The van der Waals surface area contributed by atoms with Gasteiger partial charge in [0.05, 0.1) is 5.56 Å². The number of hydrogen-bond donors (Lipinski definition) is 2. The minimum Gasteiger partial charge on any atom is -0.370 e. The van der Waals surface area contributed by atoms with Crippen LogP contribution in [0.1, 0.15) is 30.0 Å². The number of carbonyl (C=O) groups excluding carboxylic acids is 1. The van der Waals surface area contributed by atoms with Crippen molar-refractivity contribution in [3.8, 4) is 11.5 Å². The van der Waals surface area contributed by atoms with Gasteiger partial charge in [-0.15, -0.1) is 0 Å². The molecule has 0 unspecified atom stereocenters. The van der Waals surface area contributed by atoms with Crippen LogP contribution >= 0.6 is 0 Å². The van der Waals surface area contributed by atoms with E-state index in [4.69, 9.17) is 0 Å². The lowest BCUT2D eigenvalue weighted by Crippen LogP contribution is -2.16. The SMILES string of the molecule is Cc1nc(NC(=O)c2ccc(NCC(C)C)nc2)nc(-c2ccccn2)n1. The van der Waals surface area contributed by atoms with Crippen LogP contribution in [0.5, 0.6) is 0 Å². The van der Waals surface area contributed by atoms with Gasteiger partial charge in [-0.25, -0.2) is 9.97 Å². The molecule has 0 aromatic carbocycles. The molecule has 2 N–H and O–H groups in total. The molecule has 0 aliphatic heterocycles. The standard InChI is InChI=1S/C19H21N7O/c1-12(2)10-21-16-8-7-14(11-22-16)18(27)26-19-24-13(3)23-17(25-19)15-6-4-5-9-20-15/h4-9,11-12H,10H2,1-3H3,(H,21,22)(H,23,24,25,26,27). The van der Waals surface area contributed by atoms with Gasteiger partial charge in [0.2, 0.25) is 5.95 Å². The monoisotopic (exact) mass is 363 g/mol. The highest BCUT2D eigenvalue weighted by molar-refractivity contribution is 6.03. The molecule has 3 aromatic heterocycles. The Morgan fingerprint density at radius 3 is 2.59 bits per heavy atom. The number of aromatic nitrogens is 5. The number of amides is 1. The molecule has 0 aliphatic carbocycles. The molecule has 8 heteroatoms. The highest BCUT2D eigenvalue weighted by Crippen LogP contribution is 2.14. The summed E-state index contributed by atoms with van der Waals surface area (Å²) in [5.41, 5.74) is 1.03. The van der Waals surface area contributed by atoms with E-state index in [-0.39, 0.29) is 11.9 Å². The van der Waals surface area contributed by atoms with Crippen LogP contribution in [0.4, 0.5) is 11.8 Å². The van der Waals surface area contributed by atoms with Crippen molar-refractivity contribution in [1.29, 1.82) is 0 Å². The highest BCUT2D eigenvalue weighted by Gasteiger charge is 2.12. The van der Waals surface area contributed by atoms with E-state index in [0.29, 0.717) is 28.8 Å². The van der Waals surface area contributed by atoms with E-state index < -0.39 is 0 Å². The summed E-state index contributed by atoms with van der Waals surface area (Å²) in [7, 11) is 0. The molecule has 0 radical (unpaired) electrons. The zero-order valence-electron chi connectivity index (χ0n) is 15.5. The molecule has 27 heavy (non-hydrogen) atoms. The molecular weight excluding hydrogens is 342 g/mol. The van der Waals surface area contributed by atoms with Crippen LogP contribution in [0.3, 0.4) is 0 Å². The van der Waals surface area contributed by atoms with Gasteiger partial charge in [-0.3, -0.25) is 15.1 Å². The second-order valence-electron chi connectivity index (χ2n) is 6.41. The summed E-state index contributed by atoms with van der Waals surface area (Å²) in [4.78, 5) is 33.7. The number of nitrogens with one attached hydrogen (secondary N) is 2. The largest absolute Gasteiger partial charge is 0.370 e. The van der Waals surface area contributed by atoms with Gasteiger partial charge in [0.1, 0.15) is 17.3 Å². The topological polar surface area (TPSA) is 106 Å². The van der Waals surface area contributed by atoms with Crippen LogP contribution in [-0.2, 0) is 0 Å². The molecule has 3 aromatic rings. The molecular formula is C19H21N7O. The van der Waals surface area contributed by atoms with E-state index in [1.165, 1.54) is 6.20 Å². The molecule has 8 nitrogen and oxygen atoms in total. The molecule has 0 aliphatic rings. The van der Waals surface area contributed by atoms with E-state index in [1.807, 2.05) is 12.1 Å². The zero-order chi connectivity index (χ0) is 19.2. The molecule has 0 spiro atoms. The van der Waals surface area contributed by atoms with Crippen molar-refractivity contribution in [3.63, 3.8) is 0 Å². The lowest BCUT2D eigenvalue weighted by molar-refractivity contribution is 0.102. The molecule has 1 amide bonds. The number of pyridine rings is 2. The van der Waals surface area contributed by atoms with Crippen molar-refractivity contribution >= 4 is 17.7 Å². The van der Waals surface area contributed by atoms with Gasteiger partial charge < -0.3 is 5.32 Å². The minimum absolute atomic E-state index is 0.176. The third-order valence-electron chi connectivity index (χ3n) is 3.58. The summed E-state index contributed by atoms with van der Waals surface area (Å²) in [6.45, 7) is 6.79. The Labute approximate surface area is 157 Å². The summed E-state index contributed by atoms with van der Waals surface area (Å²) < 4.78 is 0. The smallest absolute Gasteiger partial charge is 0.259 e. The van der Waals surface area contributed by atoms with Gasteiger partial charge in [-0.2, -0.15) is 9.97 Å². The second kappa shape index (κ2) is 8.31. The van der Waals surface area contributed by atoms with Crippen LogP contribution in [0.25, 0.3) is 11.5 Å². The first kappa shape index (κ1) is 18.4. The summed E-state index contributed by atoms with van der Waals surface area (Å²) in [6, 6.07) is 8.94. The molecule has 0 saturated carbocycles. The van der Waals surface area contributed by atoms with Crippen molar-refractivity contribution in [1.82, 2.24) is 24.9 Å². The molecule has 3 heterocycles. The van der Waals surface area contributed by atoms with Crippen LogP contribution in [0, 0.1) is 12.8 Å². The average Bonchev–Trinajstić information content (AvgIpc) is 2.67. The van der Waals surface area contributed by atoms with E-state index in [9.17, 15) is 4.79 Å². The Balaban J connectivity index is 1.73. The van der Waals surface area contributed by atoms with Crippen LogP contribution in [0.15, 0.2) is 42.7 Å². The Morgan fingerprint density at radius 2 is 1.93 bits per heavy atom. The van der Waals surface area contributed by atoms with Crippen molar-refractivity contribution in [3.05, 3.63) is 54.1 Å². The fraction of sp³-hybridized carbons (Fsp3) is 0.263. The molecule has 3 rings (SSSR count). The summed E-state index contributed by atoms with van der Waals surface area (Å²) in [6.07, 6.45) is 3.18. The maximum atomic E-state index is 12.5. The number of nitrogens with zero attached hydrogens (tertiary/aromatic N) is 5. The predicted molar refractivity (Wildman–Crippen MR) is 103 cm³/mol. The normalized spacial score (nSPS) is 10.7. The Kier molecular flexibility index (Phi) is 5.65. The van der Waals surface area contributed by atoms with Crippen molar-refractivity contribution in [2.45, 2.75) is 20.8 Å². The molecule has 0 fully saturated rings. The fourth-order valence-corrected chi connectivity index (χ4v) is 2.26. The van der Waals surface area contributed by atoms with E-state index in [0.717, 1.165) is 12.4 Å². The number of aryl methyl sites for hydroxylation is 1. The van der Waals surface area contributed by atoms with E-state index >= 15 is 0 Å². The second-order valence-corrected chi connectivity index (χ2v) is 6.41. The van der Waals surface area contributed by atoms with Crippen LogP contribution < -0.4 is 10.6 Å². The van der Waals surface area contributed by atoms with Gasteiger partial charge in [0.15, 0.2) is 5.82 Å². The minimum atomic E-state index is -0.338. The van der Waals surface area contributed by atoms with Crippen LogP contribution in [0.2, 0.25) is 0 Å². The number of carbonyl (C=O) groups is 1. The third kappa shape index (κ3) is 5.04. The molecule has 0 atom stereocenters. The average molecular weight is 363 g/mol. The number of anilines is 2. The Morgan fingerprint density at radius 1 is 1.07 bits per heavy atom. The molecule has 0 saturated heterocycles. The Bertz CT molecular complexity index is 911. The number of rotatable bonds is 6. The fourth-order valence-electron chi connectivity index (χ4n) is 2.26. The van der Waals surface area contributed by atoms with Gasteiger partial charge in [-0.05, 0) is 37.1 Å². The first-order chi connectivity index (χ1) is 13.0. The summed E-state index contributed by atoms with van der Waals surface area (Å²) in [5, 5.41) is 5.90. The maximum Gasteiger partial charge on any atom is 0.259 e. The number of hydrogen-bond acceptors (Lipinski definition) is 7. The molecule has 138 valence electrons. The van der Waals surface area contributed by atoms with Gasteiger partial charge in [0.25, 0.3) is 5.91 Å². The van der Waals surface area contributed by atoms with E-state index in [1.54, 1.807) is 31.3 Å². The van der Waals surface area contributed by atoms with E-state index in [2.05, 4.69) is 49.4 Å². The first-order valence-electron chi connectivity index (χ1n) is 8.66. The van der Waals surface area contributed by atoms with Crippen molar-refractivity contribution in [2.24, 2.45) is 5.92 Å². The third-order valence-corrected chi connectivity index (χ3v) is 3.58. The predicted octanol–water partition coefficient (Wildman–Crippen LogP) is 2.96. The van der Waals surface area contributed by atoms with Gasteiger partial charge in [-0.1, -0.05) is 19.9 Å². The molecule has 0 bridgehead atoms. The Hall–Kier alpha value is -3.42. The summed E-state index contributed by atoms with van der Waals surface area (Å²) in [5.74, 6) is 1.98. The van der Waals surface area contributed by atoms with Crippen molar-refractivity contribution in [2.75, 3.05) is 17.2 Å². The van der Waals surface area contributed by atoms with Crippen molar-refractivity contribution < 1.29 is 4.79 Å². The summed E-state index contributed by atoms with van der Waals surface area (Å²) >= 11 is 0. The maximum absolute atomic E-state index is 12.5. The first-order valence-corrected chi connectivity index (χ1v) is 8.66. The lowest BCUT2D eigenvalue weighted by Gasteiger charge is -2.09. The van der Waals surface area contributed by atoms with Gasteiger partial charge in [0, 0.05) is 18.9 Å². The van der Waals surface area contributed by atoms with Crippen LogP contribution in [-0.4, -0.2) is 37.4 Å². The van der Waals surface area contributed by atoms with Gasteiger partial charge >= 0.3 is 0 Å².